The molecule has 24 heavy (non-hydrogen) atoms. The van der Waals surface area contributed by atoms with Crippen LogP contribution < -0.4 is 5.56 Å². The minimum Gasteiger partial charge on any atom is -0.338 e. The lowest BCUT2D eigenvalue weighted by atomic mass is 9.96. The summed E-state index contributed by atoms with van der Waals surface area (Å²) in [6.45, 7) is 2.37. The third-order valence-electron chi connectivity index (χ3n) is 5.02. The maximum atomic E-state index is 12.7. The summed E-state index contributed by atoms with van der Waals surface area (Å²) in [5.41, 5.74) is -0.0978. The van der Waals surface area contributed by atoms with Gasteiger partial charge in [0.15, 0.2) is 0 Å². The molecule has 1 amide bonds. The molecule has 2 aromatic rings. The monoisotopic (exact) mass is 326 g/mol. The standard InChI is InChI=1S/C18H22N4O2/c23-17-15(4-1-7-20-17)18(24)22-9-2-3-14(12-22)16-19-8-10-21(16)11-13-5-6-13/h1,4,7-8,10,13-14H,2-3,5-6,9,11-12H2,(H,20,23). The first-order valence-electron chi connectivity index (χ1n) is 8.70. The maximum absolute atomic E-state index is 12.7. The minimum atomic E-state index is -0.320. The Bertz CT molecular complexity index is 790. The first-order valence-corrected chi connectivity index (χ1v) is 8.70. The fourth-order valence-electron chi connectivity index (χ4n) is 3.55. The van der Waals surface area contributed by atoms with E-state index in [1.54, 1.807) is 23.2 Å². The predicted octanol–water partition coefficient (Wildman–Crippen LogP) is 2.00. The zero-order valence-electron chi connectivity index (χ0n) is 13.6. The second-order valence-electron chi connectivity index (χ2n) is 6.88. The molecule has 2 aliphatic rings. The molecule has 1 atom stereocenters. The van der Waals surface area contributed by atoms with E-state index in [9.17, 15) is 9.59 Å². The molecule has 3 heterocycles. The Kier molecular flexibility index (Phi) is 3.96. The van der Waals surface area contributed by atoms with Crippen LogP contribution in [0.5, 0.6) is 0 Å². The van der Waals surface area contributed by atoms with Crippen LogP contribution in [0.25, 0.3) is 0 Å². The predicted molar refractivity (Wildman–Crippen MR) is 89.9 cm³/mol. The van der Waals surface area contributed by atoms with Gasteiger partial charge < -0.3 is 14.5 Å². The van der Waals surface area contributed by atoms with E-state index in [0.29, 0.717) is 13.1 Å². The number of imidazole rings is 1. The molecule has 1 aliphatic heterocycles. The van der Waals surface area contributed by atoms with E-state index in [1.807, 2.05) is 6.20 Å². The van der Waals surface area contributed by atoms with Crippen LogP contribution in [0.4, 0.5) is 0 Å². The Morgan fingerprint density at radius 1 is 1.33 bits per heavy atom. The molecule has 2 fully saturated rings. The first kappa shape index (κ1) is 15.2. The Labute approximate surface area is 140 Å². The summed E-state index contributed by atoms with van der Waals surface area (Å²) in [7, 11) is 0. The third-order valence-corrected chi connectivity index (χ3v) is 5.02. The zero-order chi connectivity index (χ0) is 16.5. The number of hydrogen-bond acceptors (Lipinski definition) is 3. The first-order chi connectivity index (χ1) is 11.7. The number of pyridine rings is 1. The van der Waals surface area contributed by atoms with Gasteiger partial charge in [-0.2, -0.15) is 0 Å². The van der Waals surface area contributed by atoms with Crippen molar-refractivity contribution < 1.29 is 4.79 Å². The molecular formula is C18H22N4O2. The highest BCUT2D eigenvalue weighted by Gasteiger charge is 2.30. The smallest absolute Gasteiger partial charge is 0.260 e. The molecule has 0 aromatic carbocycles. The van der Waals surface area contributed by atoms with Crippen molar-refractivity contribution in [3.8, 4) is 0 Å². The highest BCUT2D eigenvalue weighted by Crippen LogP contribution is 2.33. The Balaban J connectivity index is 1.51. The molecule has 0 bridgehead atoms. The van der Waals surface area contributed by atoms with E-state index in [4.69, 9.17) is 0 Å². The van der Waals surface area contributed by atoms with E-state index in [2.05, 4.69) is 20.7 Å². The molecule has 1 N–H and O–H groups in total. The van der Waals surface area contributed by atoms with Crippen LogP contribution in [0.1, 0.15) is 47.8 Å². The van der Waals surface area contributed by atoms with Gasteiger partial charge in [-0.25, -0.2) is 4.98 Å². The van der Waals surface area contributed by atoms with Crippen LogP contribution in [-0.4, -0.2) is 38.4 Å². The fraction of sp³-hybridized carbons (Fsp3) is 0.500. The number of amides is 1. The topological polar surface area (TPSA) is 71.0 Å². The number of carbonyl (C=O) groups is 1. The summed E-state index contributed by atoms with van der Waals surface area (Å²) in [5.74, 6) is 1.95. The Hall–Kier alpha value is -2.37. The van der Waals surface area contributed by atoms with Crippen molar-refractivity contribution in [1.29, 1.82) is 0 Å². The number of likely N-dealkylation sites (tertiary alicyclic amines) is 1. The Morgan fingerprint density at radius 2 is 2.21 bits per heavy atom. The van der Waals surface area contributed by atoms with E-state index >= 15 is 0 Å². The SMILES string of the molecule is O=C(c1ccc[nH]c1=O)N1CCCC(c2nccn2CC2CC2)C1. The fourth-order valence-corrected chi connectivity index (χ4v) is 3.55. The van der Waals surface area contributed by atoms with Crippen LogP contribution in [0.15, 0.2) is 35.5 Å². The summed E-state index contributed by atoms with van der Waals surface area (Å²) in [6, 6.07) is 3.29. The van der Waals surface area contributed by atoms with Gasteiger partial charge in [0.25, 0.3) is 11.5 Å². The number of nitrogens with one attached hydrogen (secondary N) is 1. The molecule has 0 spiro atoms. The molecule has 0 radical (unpaired) electrons. The van der Waals surface area contributed by atoms with Gasteiger partial charge in [0, 0.05) is 44.1 Å². The normalized spacial score (nSPS) is 21.0. The number of H-pyrrole nitrogens is 1. The zero-order valence-corrected chi connectivity index (χ0v) is 13.6. The van der Waals surface area contributed by atoms with E-state index in [0.717, 1.165) is 31.1 Å². The van der Waals surface area contributed by atoms with Crippen molar-refractivity contribution in [2.45, 2.75) is 38.1 Å². The highest BCUT2D eigenvalue weighted by atomic mass is 16.2. The molecule has 1 saturated carbocycles. The van der Waals surface area contributed by atoms with Gasteiger partial charge in [-0.05, 0) is 43.7 Å². The van der Waals surface area contributed by atoms with Crippen LogP contribution in [-0.2, 0) is 6.54 Å². The number of nitrogens with zero attached hydrogens (tertiary/aromatic N) is 3. The number of piperidine rings is 1. The molecule has 6 nitrogen and oxygen atoms in total. The quantitative estimate of drug-likeness (QED) is 0.934. The van der Waals surface area contributed by atoms with Crippen LogP contribution in [0.3, 0.4) is 0 Å². The molecule has 1 aliphatic carbocycles. The average Bonchev–Trinajstić information content (AvgIpc) is 3.30. The van der Waals surface area contributed by atoms with E-state index in [1.165, 1.54) is 12.8 Å². The van der Waals surface area contributed by atoms with Crippen LogP contribution in [0, 0.1) is 5.92 Å². The number of hydrogen-bond donors (Lipinski definition) is 1. The second kappa shape index (κ2) is 6.26. The molecule has 1 unspecified atom stereocenters. The minimum absolute atomic E-state index is 0.179. The van der Waals surface area contributed by atoms with Crippen molar-refractivity contribution in [1.82, 2.24) is 19.4 Å². The van der Waals surface area contributed by atoms with Crippen molar-refractivity contribution in [3.05, 3.63) is 52.5 Å². The summed E-state index contributed by atoms with van der Waals surface area (Å²) < 4.78 is 2.26. The summed E-state index contributed by atoms with van der Waals surface area (Å²) in [4.78, 5) is 33.5. The van der Waals surface area contributed by atoms with Crippen molar-refractivity contribution in [2.24, 2.45) is 5.92 Å². The summed E-state index contributed by atoms with van der Waals surface area (Å²) in [5, 5.41) is 0. The lowest BCUT2D eigenvalue weighted by molar-refractivity contribution is 0.0701. The maximum Gasteiger partial charge on any atom is 0.260 e. The van der Waals surface area contributed by atoms with Crippen LogP contribution in [0.2, 0.25) is 0 Å². The molecule has 4 rings (SSSR count). The Morgan fingerprint density at radius 3 is 3.00 bits per heavy atom. The molecule has 126 valence electrons. The molecular weight excluding hydrogens is 304 g/mol. The number of rotatable bonds is 4. The third kappa shape index (κ3) is 3.00. The molecule has 1 saturated heterocycles. The molecule has 2 aromatic heterocycles. The molecule has 6 heteroatoms. The van der Waals surface area contributed by atoms with Crippen molar-refractivity contribution in [3.63, 3.8) is 0 Å². The number of aromatic nitrogens is 3. The largest absolute Gasteiger partial charge is 0.338 e. The van der Waals surface area contributed by atoms with Gasteiger partial charge in [0.05, 0.1) is 0 Å². The van der Waals surface area contributed by atoms with Gasteiger partial charge in [-0.3, -0.25) is 9.59 Å². The van der Waals surface area contributed by atoms with Gasteiger partial charge in [0.1, 0.15) is 11.4 Å². The van der Waals surface area contributed by atoms with Crippen LogP contribution >= 0.6 is 0 Å². The van der Waals surface area contributed by atoms with E-state index < -0.39 is 0 Å². The van der Waals surface area contributed by atoms with Gasteiger partial charge in [-0.15, -0.1) is 0 Å². The van der Waals surface area contributed by atoms with Gasteiger partial charge in [-0.1, -0.05) is 0 Å². The second-order valence-corrected chi connectivity index (χ2v) is 6.88. The average molecular weight is 326 g/mol. The van der Waals surface area contributed by atoms with Crippen molar-refractivity contribution >= 4 is 5.91 Å². The number of aromatic amines is 1. The number of carbonyl (C=O) groups excluding carboxylic acids is 1. The summed E-state index contributed by atoms with van der Waals surface area (Å²) >= 11 is 0. The highest BCUT2D eigenvalue weighted by molar-refractivity contribution is 5.93. The van der Waals surface area contributed by atoms with Gasteiger partial charge >= 0.3 is 0 Å². The van der Waals surface area contributed by atoms with Gasteiger partial charge in [0.2, 0.25) is 0 Å². The summed E-state index contributed by atoms with van der Waals surface area (Å²) in [6.07, 6.45) is 10.1. The van der Waals surface area contributed by atoms with Crippen molar-refractivity contribution in [2.75, 3.05) is 13.1 Å². The lowest BCUT2D eigenvalue weighted by Crippen LogP contribution is -2.41. The lowest BCUT2D eigenvalue weighted by Gasteiger charge is -2.32. The van der Waals surface area contributed by atoms with E-state index in [-0.39, 0.29) is 22.9 Å².